The lowest BCUT2D eigenvalue weighted by Crippen LogP contribution is -2.31. The zero-order valence-corrected chi connectivity index (χ0v) is 15.3. The molecule has 1 aliphatic rings. The maximum atomic E-state index is 5.24. The minimum Gasteiger partial charge on any atom is -0.497 e. The number of aryl methyl sites for hydroxylation is 1. The van der Waals surface area contributed by atoms with Crippen LogP contribution in [0.15, 0.2) is 54.7 Å². The van der Waals surface area contributed by atoms with Gasteiger partial charge in [-0.2, -0.15) is 0 Å². The van der Waals surface area contributed by atoms with E-state index in [9.17, 15) is 0 Å². The van der Waals surface area contributed by atoms with E-state index in [0.717, 1.165) is 48.9 Å². The van der Waals surface area contributed by atoms with Gasteiger partial charge in [0.15, 0.2) is 5.82 Å². The van der Waals surface area contributed by atoms with Gasteiger partial charge in [0.1, 0.15) is 5.75 Å². The average molecular weight is 345 g/mol. The second kappa shape index (κ2) is 7.26. The van der Waals surface area contributed by atoms with Crippen molar-refractivity contribution >= 4 is 0 Å². The summed E-state index contributed by atoms with van der Waals surface area (Å²) in [6, 6.07) is 16.7. The quantitative estimate of drug-likeness (QED) is 0.716. The molecule has 0 saturated heterocycles. The first kappa shape index (κ1) is 16.7. The van der Waals surface area contributed by atoms with Crippen LogP contribution in [0.5, 0.6) is 5.75 Å². The molecule has 0 saturated carbocycles. The molecule has 0 amide bonds. The largest absolute Gasteiger partial charge is 0.497 e. The first-order valence-corrected chi connectivity index (χ1v) is 8.98. The number of benzene rings is 2. The molecule has 0 N–H and O–H groups in total. The van der Waals surface area contributed by atoms with Crippen molar-refractivity contribution in [2.24, 2.45) is 0 Å². The van der Waals surface area contributed by atoms with Gasteiger partial charge in [-0.15, -0.1) is 0 Å². The third-order valence-electron chi connectivity index (χ3n) is 4.90. The second-order valence-electron chi connectivity index (χ2n) is 6.84. The Kier molecular flexibility index (Phi) is 4.67. The smallest absolute Gasteiger partial charge is 0.159 e. The van der Waals surface area contributed by atoms with E-state index in [1.54, 1.807) is 7.11 Å². The van der Waals surface area contributed by atoms with Crippen molar-refractivity contribution in [1.29, 1.82) is 0 Å². The minimum absolute atomic E-state index is 0.815. The SMILES string of the molecule is COc1ccc(CN2CCc3cnc(-c4ccc(C)cc4)nc3C2)cc1. The van der Waals surface area contributed by atoms with Gasteiger partial charge in [0.2, 0.25) is 0 Å². The first-order chi connectivity index (χ1) is 12.7. The van der Waals surface area contributed by atoms with Gasteiger partial charge in [-0.1, -0.05) is 42.0 Å². The molecule has 3 aromatic rings. The Morgan fingerprint density at radius 3 is 2.54 bits per heavy atom. The highest BCUT2D eigenvalue weighted by Gasteiger charge is 2.19. The van der Waals surface area contributed by atoms with Gasteiger partial charge < -0.3 is 4.74 Å². The summed E-state index contributed by atoms with van der Waals surface area (Å²) in [4.78, 5) is 11.9. The van der Waals surface area contributed by atoms with Gasteiger partial charge in [0.05, 0.1) is 12.8 Å². The van der Waals surface area contributed by atoms with Crippen molar-refractivity contribution < 1.29 is 4.74 Å². The van der Waals surface area contributed by atoms with Crippen molar-refractivity contribution in [2.75, 3.05) is 13.7 Å². The highest BCUT2D eigenvalue weighted by Crippen LogP contribution is 2.23. The number of ether oxygens (including phenoxy) is 1. The number of hydrogen-bond acceptors (Lipinski definition) is 4. The summed E-state index contributed by atoms with van der Waals surface area (Å²) in [5.41, 5.74) is 6.03. The Labute approximate surface area is 154 Å². The Bertz CT molecular complexity index is 888. The van der Waals surface area contributed by atoms with E-state index < -0.39 is 0 Å². The Morgan fingerprint density at radius 2 is 1.81 bits per heavy atom. The monoisotopic (exact) mass is 345 g/mol. The van der Waals surface area contributed by atoms with Crippen LogP contribution in [0.1, 0.15) is 22.4 Å². The number of nitrogens with zero attached hydrogens (tertiary/aromatic N) is 3. The van der Waals surface area contributed by atoms with Crippen LogP contribution in [-0.4, -0.2) is 28.5 Å². The lowest BCUT2D eigenvalue weighted by atomic mass is 10.1. The maximum absolute atomic E-state index is 5.24. The van der Waals surface area contributed by atoms with Crippen LogP contribution in [0.25, 0.3) is 11.4 Å². The molecular weight excluding hydrogens is 322 g/mol. The fraction of sp³-hybridized carbons (Fsp3) is 0.273. The van der Waals surface area contributed by atoms with Crippen molar-refractivity contribution in [1.82, 2.24) is 14.9 Å². The molecule has 4 heteroatoms. The number of aromatic nitrogens is 2. The summed E-state index contributed by atoms with van der Waals surface area (Å²) in [6.07, 6.45) is 3.00. The molecule has 4 nitrogen and oxygen atoms in total. The van der Waals surface area contributed by atoms with Gasteiger partial charge in [-0.05, 0) is 36.6 Å². The van der Waals surface area contributed by atoms with Crippen LogP contribution >= 0.6 is 0 Å². The van der Waals surface area contributed by atoms with E-state index >= 15 is 0 Å². The summed E-state index contributed by atoms with van der Waals surface area (Å²) in [6.45, 7) is 4.91. The fourth-order valence-corrected chi connectivity index (χ4v) is 3.32. The summed E-state index contributed by atoms with van der Waals surface area (Å²) in [7, 11) is 1.70. The number of fused-ring (bicyclic) bond motifs is 1. The van der Waals surface area contributed by atoms with E-state index in [4.69, 9.17) is 9.72 Å². The third-order valence-corrected chi connectivity index (χ3v) is 4.90. The Morgan fingerprint density at radius 1 is 1.04 bits per heavy atom. The summed E-state index contributed by atoms with van der Waals surface area (Å²) in [5, 5.41) is 0. The molecule has 0 fully saturated rings. The fourth-order valence-electron chi connectivity index (χ4n) is 3.32. The van der Waals surface area contributed by atoms with Crippen molar-refractivity contribution in [3.05, 3.63) is 77.1 Å². The van der Waals surface area contributed by atoms with Gasteiger partial charge >= 0.3 is 0 Å². The lowest BCUT2D eigenvalue weighted by molar-refractivity contribution is 0.241. The molecule has 0 radical (unpaired) electrons. The third kappa shape index (κ3) is 3.60. The van der Waals surface area contributed by atoms with Crippen LogP contribution in [0.4, 0.5) is 0 Å². The number of rotatable bonds is 4. The molecule has 4 rings (SSSR count). The Balaban J connectivity index is 1.51. The van der Waals surface area contributed by atoms with Crippen LogP contribution in [-0.2, 0) is 19.5 Å². The minimum atomic E-state index is 0.815. The van der Waals surface area contributed by atoms with Crippen LogP contribution < -0.4 is 4.74 Å². The van der Waals surface area contributed by atoms with Crippen molar-refractivity contribution in [3.63, 3.8) is 0 Å². The van der Waals surface area contributed by atoms with Crippen molar-refractivity contribution in [2.45, 2.75) is 26.4 Å². The molecule has 1 aromatic heterocycles. The first-order valence-electron chi connectivity index (χ1n) is 8.98. The van der Waals surface area contributed by atoms with Gasteiger partial charge in [-0.25, -0.2) is 9.97 Å². The van der Waals surface area contributed by atoms with E-state index in [2.05, 4.69) is 53.2 Å². The number of methoxy groups -OCH3 is 1. The maximum Gasteiger partial charge on any atom is 0.159 e. The number of hydrogen-bond donors (Lipinski definition) is 0. The van der Waals surface area contributed by atoms with Crippen LogP contribution in [0.2, 0.25) is 0 Å². The molecule has 0 unspecified atom stereocenters. The molecule has 0 atom stereocenters. The van der Waals surface area contributed by atoms with Gasteiger partial charge in [-0.3, -0.25) is 4.90 Å². The van der Waals surface area contributed by atoms with E-state index in [-0.39, 0.29) is 0 Å². The zero-order valence-electron chi connectivity index (χ0n) is 15.3. The predicted octanol–water partition coefficient (Wildman–Crippen LogP) is 4.02. The van der Waals surface area contributed by atoms with Gasteiger partial charge in [0, 0.05) is 31.4 Å². The highest BCUT2D eigenvalue weighted by atomic mass is 16.5. The predicted molar refractivity (Wildman–Crippen MR) is 103 cm³/mol. The molecule has 0 spiro atoms. The normalized spacial score (nSPS) is 14.1. The molecule has 2 aromatic carbocycles. The summed E-state index contributed by atoms with van der Waals surface area (Å²) < 4.78 is 5.24. The molecule has 132 valence electrons. The topological polar surface area (TPSA) is 38.2 Å². The Hall–Kier alpha value is -2.72. The average Bonchev–Trinajstić information content (AvgIpc) is 2.68. The van der Waals surface area contributed by atoms with Crippen molar-refractivity contribution in [3.8, 4) is 17.1 Å². The van der Waals surface area contributed by atoms with Crippen LogP contribution in [0.3, 0.4) is 0 Å². The van der Waals surface area contributed by atoms with Gasteiger partial charge in [0.25, 0.3) is 0 Å². The van der Waals surface area contributed by atoms with E-state index in [1.807, 2.05) is 18.3 Å². The molecule has 26 heavy (non-hydrogen) atoms. The standard InChI is InChI=1S/C22H23N3O/c1-16-3-7-18(8-4-16)22-23-13-19-11-12-25(15-21(19)24-22)14-17-5-9-20(26-2)10-6-17/h3-10,13H,11-12,14-15H2,1-2H3. The lowest BCUT2D eigenvalue weighted by Gasteiger charge is -2.28. The molecular formula is C22H23N3O. The zero-order chi connectivity index (χ0) is 17.9. The molecule has 2 heterocycles. The second-order valence-corrected chi connectivity index (χ2v) is 6.84. The van der Waals surface area contributed by atoms with Crippen LogP contribution in [0, 0.1) is 6.92 Å². The molecule has 0 aliphatic carbocycles. The highest BCUT2D eigenvalue weighted by molar-refractivity contribution is 5.55. The van der Waals surface area contributed by atoms with E-state index in [1.165, 1.54) is 16.7 Å². The summed E-state index contributed by atoms with van der Waals surface area (Å²) in [5.74, 6) is 1.71. The molecule has 1 aliphatic heterocycles. The summed E-state index contributed by atoms with van der Waals surface area (Å²) >= 11 is 0. The van der Waals surface area contributed by atoms with E-state index in [0.29, 0.717) is 0 Å². The molecule has 0 bridgehead atoms.